The van der Waals surface area contributed by atoms with E-state index in [-0.39, 0.29) is 24.5 Å². The second-order valence-corrected chi connectivity index (χ2v) is 8.93. The molecule has 6 heteroatoms. The minimum Gasteiger partial charge on any atom is -0.484 e. The van der Waals surface area contributed by atoms with Crippen molar-refractivity contribution in [2.75, 3.05) is 6.61 Å². The van der Waals surface area contributed by atoms with Crippen molar-refractivity contribution in [3.8, 4) is 5.75 Å². The lowest BCUT2D eigenvalue weighted by molar-refractivity contribution is -0.143. The van der Waals surface area contributed by atoms with E-state index in [0.29, 0.717) is 18.7 Å². The molecule has 0 unspecified atom stereocenters. The molecule has 1 fully saturated rings. The normalized spacial score (nSPS) is 15.2. The lowest BCUT2D eigenvalue weighted by atomic mass is 9.95. The lowest BCUT2D eigenvalue weighted by Gasteiger charge is -2.32. The number of hydrogen-bond acceptors (Lipinski definition) is 3. The fourth-order valence-electron chi connectivity index (χ4n) is 4.00. The molecule has 0 saturated heterocycles. The largest absolute Gasteiger partial charge is 0.484 e. The quantitative estimate of drug-likeness (QED) is 0.537. The Morgan fingerprint density at radius 2 is 1.74 bits per heavy atom. The van der Waals surface area contributed by atoms with E-state index in [2.05, 4.69) is 21.2 Å². The molecule has 0 heterocycles. The van der Waals surface area contributed by atoms with E-state index < -0.39 is 6.04 Å². The highest BCUT2D eigenvalue weighted by Gasteiger charge is 2.30. The predicted molar refractivity (Wildman–Crippen MR) is 126 cm³/mol. The van der Waals surface area contributed by atoms with Crippen molar-refractivity contribution in [2.24, 2.45) is 0 Å². The monoisotopic (exact) mass is 486 g/mol. The van der Waals surface area contributed by atoms with Crippen LogP contribution in [0.25, 0.3) is 0 Å². The number of carbonyl (C=O) groups is 2. The molecule has 0 radical (unpaired) electrons. The van der Waals surface area contributed by atoms with Gasteiger partial charge >= 0.3 is 0 Å². The van der Waals surface area contributed by atoms with Crippen LogP contribution in [-0.4, -0.2) is 35.4 Å². The first kappa shape index (κ1) is 23.3. The Morgan fingerprint density at radius 3 is 2.39 bits per heavy atom. The fourth-order valence-corrected chi connectivity index (χ4v) is 4.27. The van der Waals surface area contributed by atoms with Crippen molar-refractivity contribution in [1.29, 1.82) is 0 Å². The summed E-state index contributed by atoms with van der Waals surface area (Å²) >= 11 is 3.40. The van der Waals surface area contributed by atoms with E-state index in [1.807, 2.05) is 61.5 Å². The van der Waals surface area contributed by atoms with Crippen LogP contribution >= 0.6 is 15.9 Å². The first-order valence-corrected chi connectivity index (χ1v) is 11.9. The van der Waals surface area contributed by atoms with Gasteiger partial charge in [-0.05, 0) is 49.1 Å². The second kappa shape index (κ2) is 11.9. The minimum atomic E-state index is -0.525. The van der Waals surface area contributed by atoms with Crippen LogP contribution in [0.1, 0.15) is 51.0 Å². The molecule has 0 aliphatic heterocycles. The summed E-state index contributed by atoms with van der Waals surface area (Å²) in [7, 11) is 0. The molecule has 31 heavy (non-hydrogen) atoms. The summed E-state index contributed by atoms with van der Waals surface area (Å²) in [5.74, 6) is 0.357. The third-order valence-electron chi connectivity index (χ3n) is 5.71. The zero-order chi connectivity index (χ0) is 22.1. The molecule has 2 amide bonds. The van der Waals surface area contributed by atoms with Gasteiger partial charge in [0.1, 0.15) is 11.8 Å². The minimum absolute atomic E-state index is 0.0673. The number of carbonyl (C=O) groups excluding carboxylic acids is 2. The van der Waals surface area contributed by atoms with Gasteiger partial charge in [0.25, 0.3) is 5.91 Å². The second-order valence-electron chi connectivity index (χ2n) is 8.02. The maximum atomic E-state index is 13.2. The number of nitrogens with zero attached hydrogens (tertiary/aromatic N) is 1. The first-order valence-electron chi connectivity index (χ1n) is 11.1. The smallest absolute Gasteiger partial charge is 0.261 e. The van der Waals surface area contributed by atoms with E-state index >= 15 is 0 Å². The number of halogens is 1. The summed E-state index contributed by atoms with van der Waals surface area (Å²) in [5, 5.41) is 3.19. The van der Waals surface area contributed by atoms with Crippen molar-refractivity contribution in [3.05, 3.63) is 64.6 Å². The Morgan fingerprint density at radius 1 is 1.06 bits per heavy atom. The van der Waals surface area contributed by atoms with Crippen LogP contribution < -0.4 is 10.1 Å². The Bertz CT molecular complexity index is 836. The molecule has 0 bridgehead atoms. The molecule has 0 aromatic heterocycles. The standard InChI is InChI=1S/C25H31BrN2O3/c1-2-23(25(30)27-21-11-7-4-8-12-21)28(17-19-9-5-3-6-10-19)24(29)18-31-22-15-13-20(26)14-16-22/h3,5-6,9-10,13-16,21,23H,2,4,7-8,11-12,17-18H2,1H3,(H,27,30)/t23-/m1/s1. The zero-order valence-corrected chi connectivity index (χ0v) is 19.6. The lowest BCUT2D eigenvalue weighted by Crippen LogP contribution is -2.52. The summed E-state index contributed by atoms with van der Waals surface area (Å²) in [6.45, 7) is 2.22. The number of ether oxygens (including phenoxy) is 1. The third kappa shape index (κ3) is 7.10. The van der Waals surface area contributed by atoms with Gasteiger partial charge in [-0.25, -0.2) is 0 Å². The van der Waals surface area contributed by atoms with Gasteiger partial charge in [0, 0.05) is 17.1 Å². The van der Waals surface area contributed by atoms with Gasteiger partial charge in [-0.1, -0.05) is 72.4 Å². The van der Waals surface area contributed by atoms with Crippen LogP contribution in [0.2, 0.25) is 0 Å². The maximum Gasteiger partial charge on any atom is 0.261 e. The summed E-state index contributed by atoms with van der Waals surface area (Å²) in [5.41, 5.74) is 0.989. The molecule has 2 aromatic carbocycles. The van der Waals surface area contributed by atoms with Crippen LogP contribution in [-0.2, 0) is 16.1 Å². The Kier molecular flexibility index (Phi) is 8.95. The van der Waals surface area contributed by atoms with E-state index in [1.54, 1.807) is 4.90 Å². The Labute approximate surface area is 193 Å². The van der Waals surface area contributed by atoms with Gasteiger partial charge in [-0.15, -0.1) is 0 Å². The highest BCUT2D eigenvalue weighted by atomic mass is 79.9. The maximum absolute atomic E-state index is 13.2. The van der Waals surface area contributed by atoms with E-state index in [0.717, 1.165) is 35.7 Å². The van der Waals surface area contributed by atoms with Crippen molar-refractivity contribution in [1.82, 2.24) is 10.2 Å². The molecule has 5 nitrogen and oxygen atoms in total. The molecule has 1 saturated carbocycles. The summed E-state index contributed by atoms with van der Waals surface area (Å²) < 4.78 is 6.67. The number of nitrogens with one attached hydrogen (secondary N) is 1. The van der Waals surface area contributed by atoms with Crippen LogP contribution in [0.3, 0.4) is 0 Å². The summed E-state index contributed by atoms with van der Waals surface area (Å²) in [4.78, 5) is 28.0. The molecule has 1 aliphatic rings. The topological polar surface area (TPSA) is 58.6 Å². The van der Waals surface area contributed by atoms with Gasteiger partial charge in [0.2, 0.25) is 5.91 Å². The van der Waals surface area contributed by atoms with Crippen molar-refractivity contribution in [2.45, 2.75) is 64.1 Å². The molecule has 1 atom stereocenters. The van der Waals surface area contributed by atoms with Crippen molar-refractivity contribution in [3.63, 3.8) is 0 Å². The predicted octanol–water partition coefficient (Wildman–Crippen LogP) is 5.08. The number of amides is 2. The number of benzene rings is 2. The Balaban J connectivity index is 1.72. The van der Waals surface area contributed by atoms with Crippen LogP contribution in [0.15, 0.2) is 59.1 Å². The summed E-state index contributed by atoms with van der Waals surface area (Å²) in [6, 6.07) is 16.8. The number of hydrogen-bond donors (Lipinski definition) is 1. The molecule has 1 N–H and O–H groups in total. The third-order valence-corrected chi connectivity index (χ3v) is 6.24. The molecular weight excluding hydrogens is 456 g/mol. The fraction of sp³-hybridized carbons (Fsp3) is 0.440. The van der Waals surface area contributed by atoms with E-state index in [9.17, 15) is 9.59 Å². The van der Waals surface area contributed by atoms with Gasteiger partial charge in [0.05, 0.1) is 0 Å². The first-order chi connectivity index (χ1) is 15.1. The van der Waals surface area contributed by atoms with Gasteiger partial charge in [-0.3, -0.25) is 9.59 Å². The van der Waals surface area contributed by atoms with Gasteiger partial charge in [-0.2, -0.15) is 0 Å². The summed E-state index contributed by atoms with van der Waals surface area (Å²) in [6.07, 6.45) is 6.11. The molecule has 0 spiro atoms. The molecule has 166 valence electrons. The Hall–Kier alpha value is -2.34. The average Bonchev–Trinajstić information content (AvgIpc) is 2.79. The highest BCUT2D eigenvalue weighted by molar-refractivity contribution is 9.10. The van der Waals surface area contributed by atoms with Crippen molar-refractivity contribution >= 4 is 27.7 Å². The van der Waals surface area contributed by atoms with E-state index in [4.69, 9.17) is 4.74 Å². The van der Waals surface area contributed by atoms with Crippen LogP contribution in [0.5, 0.6) is 5.75 Å². The molecular formula is C25H31BrN2O3. The molecule has 3 rings (SSSR count). The number of rotatable bonds is 9. The average molecular weight is 487 g/mol. The van der Waals surface area contributed by atoms with Gasteiger partial charge in [0.15, 0.2) is 6.61 Å². The SMILES string of the molecule is CC[C@H](C(=O)NC1CCCCC1)N(Cc1ccccc1)C(=O)COc1ccc(Br)cc1. The zero-order valence-electron chi connectivity index (χ0n) is 18.1. The van der Waals surface area contributed by atoms with Crippen LogP contribution in [0.4, 0.5) is 0 Å². The molecule has 2 aromatic rings. The molecule has 1 aliphatic carbocycles. The van der Waals surface area contributed by atoms with Gasteiger partial charge < -0.3 is 15.0 Å². The van der Waals surface area contributed by atoms with Crippen LogP contribution in [0, 0.1) is 0 Å². The highest BCUT2D eigenvalue weighted by Crippen LogP contribution is 2.20. The van der Waals surface area contributed by atoms with E-state index in [1.165, 1.54) is 6.42 Å². The van der Waals surface area contributed by atoms with Crippen molar-refractivity contribution < 1.29 is 14.3 Å².